The number of fused-ring (bicyclic) bond motifs is 8. The maximum atomic E-state index is 14.5. The molecule has 8 bridgehead atoms. The first-order chi connectivity index (χ1) is 59.2. The van der Waals surface area contributed by atoms with E-state index in [0.29, 0.717) is 76.2 Å². The van der Waals surface area contributed by atoms with Crippen LogP contribution in [0.25, 0.3) is 45.3 Å². The topological polar surface area (TPSA) is 284 Å². The lowest BCUT2D eigenvalue weighted by atomic mass is 10.0. The number of rotatable bonds is 16. The summed E-state index contributed by atoms with van der Waals surface area (Å²) in [6, 6.07) is 43.7. The highest BCUT2D eigenvalue weighted by atomic mass is 19.1. The van der Waals surface area contributed by atoms with Crippen molar-refractivity contribution in [2.75, 3.05) is 47.4 Å². The molecule has 4 aliphatic carbocycles. The number of carbonyl (C=O) groups excluding carboxylic acids is 4. The third kappa shape index (κ3) is 17.3. The number of aromatic nitrogens is 12. The molecule has 8 aliphatic rings. The van der Waals surface area contributed by atoms with Crippen LogP contribution in [0.2, 0.25) is 0 Å². The normalized spacial score (nSPS) is 22.2. The van der Waals surface area contributed by atoms with Gasteiger partial charge in [-0.2, -0.15) is 0 Å². The molecule has 12 atom stereocenters. The molecule has 8 fully saturated rings. The highest BCUT2D eigenvalue weighted by molar-refractivity contribution is 6.02. The van der Waals surface area contributed by atoms with Crippen molar-refractivity contribution < 1.29 is 28.0 Å². The minimum absolute atomic E-state index is 0.00785. The summed E-state index contributed by atoms with van der Waals surface area (Å²) in [5, 5.41) is 14.1. The Labute approximate surface area is 708 Å². The molecule has 16 heterocycles. The van der Waals surface area contributed by atoms with Crippen LogP contribution in [0.15, 0.2) is 208 Å². The average molecular weight is 1630 g/mol. The number of nitrogens with zero attached hydrogens (tertiary/aromatic N) is 16. The summed E-state index contributed by atoms with van der Waals surface area (Å²) in [5.74, 6) is 4.12. The molecular weight excluding hydrogens is 1540 g/mol. The first-order valence-electron chi connectivity index (χ1n) is 42.1. The van der Waals surface area contributed by atoms with Crippen LogP contribution in [0.5, 0.6) is 0 Å². The van der Waals surface area contributed by atoms with Gasteiger partial charge in [0.1, 0.15) is 63.3 Å². The van der Waals surface area contributed by atoms with Gasteiger partial charge in [0.25, 0.3) is 23.6 Å². The van der Waals surface area contributed by atoms with E-state index in [1.54, 1.807) is 55.2 Å². The molecule has 4 saturated heterocycles. The SMILES string of the molecule is Cc1ccc(NC2CC3CC2N(C(=O)c2ccc(C)nc2-c2ncccc2F)C3)nc1.Cc1ccc(NC2CC3CC2N(C(=O)c2cccnc2-c2ncccc2C)C3)nc1.Cc1ccc(NC2CC3CC2N(C(=O)c2ncc(C)cc2-c2ncccc2F)C3)nc1.Cc1ccc(NC2CC3CC2N(C(=O)c2ncccc2-c2ncccc2C)C3)nc1. The first-order valence-corrected chi connectivity index (χ1v) is 42.1. The second-order valence-corrected chi connectivity index (χ2v) is 33.9. The van der Waals surface area contributed by atoms with Gasteiger partial charge in [0.2, 0.25) is 0 Å². The monoisotopic (exact) mass is 1630 g/mol. The van der Waals surface area contributed by atoms with Crippen molar-refractivity contribution in [2.45, 2.75) is 155 Å². The number of hydrogen-bond donors (Lipinski definition) is 4. The molecule has 4 N–H and O–H groups in total. The van der Waals surface area contributed by atoms with Crippen molar-refractivity contribution in [1.82, 2.24) is 79.4 Å². The van der Waals surface area contributed by atoms with E-state index in [1.807, 2.05) is 185 Å². The first kappa shape index (κ1) is 81.1. The Balaban J connectivity index is 0.000000116. The van der Waals surface area contributed by atoms with E-state index < -0.39 is 11.6 Å². The second-order valence-electron chi connectivity index (χ2n) is 33.9. The molecule has 0 spiro atoms. The maximum Gasteiger partial charge on any atom is 0.273 e. The number of hydrogen-bond acceptors (Lipinski definition) is 20. The van der Waals surface area contributed by atoms with Crippen LogP contribution >= 0.6 is 0 Å². The molecule has 24 nitrogen and oxygen atoms in total. The third-order valence-corrected chi connectivity index (χ3v) is 25.0. The molecular formula is C96H98F2N20O4. The van der Waals surface area contributed by atoms with Gasteiger partial charge in [-0.3, -0.25) is 59.0 Å². The predicted octanol–water partition coefficient (Wildman–Crippen LogP) is 15.8. The van der Waals surface area contributed by atoms with Gasteiger partial charge in [0.15, 0.2) is 5.82 Å². The van der Waals surface area contributed by atoms with Gasteiger partial charge < -0.3 is 40.9 Å². The summed E-state index contributed by atoms with van der Waals surface area (Å²) in [5.41, 5.74) is 13.9. The summed E-state index contributed by atoms with van der Waals surface area (Å²) >= 11 is 0. The van der Waals surface area contributed by atoms with Crippen LogP contribution < -0.4 is 21.3 Å². The van der Waals surface area contributed by atoms with Crippen LogP contribution in [0.1, 0.15) is 138 Å². The number of piperidine rings is 4. The molecule has 26 heteroatoms. The number of pyridine rings is 12. The summed E-state index contributed by atoms with van der Waals surface area (Å²) in [6.45, 7) is 18.8. The number of halogens is 2. The summed E-state index contributed by atoms with van der Waals surface area (Å²) in [7, 11) is 0. The van der Waals surface area contributed by atoms with E-state index in [1.165, 1.54) is 30.6 Å². The molecule has 20 rings (SSSR count). The Morgan fingerprint density at radius 3 is 1.07 bits per heavy atom. The molecule has 12 aromatic heterocycles. The Morgan fingerprint density at radius 1 is 0.311 bits per heavy atom. The van der Waals surface area contributed by atoms with Gasteiger partial charge in [-0.15, -0.1) is 0 Å². The lowest BCUT2D eigenvalue weighted by molar-refractivity contribution is 0.0680. The maximum absolute atomic E-state index is 14.5. The summed E-state index contributed by atoms with van der Waals surface area (Å²) in [4.78, 5) is 115. The predicted molar refractivity (Wildman–Crippen MR) is 464 cm³/mol. The van der Waals surface area contributed by atoms with Gasteiger partial charge >= 0.3 is 0 Å². The minimum Gasteiger partial charge on any atom is -0.365 e. The zero-order valence-electron chi connectivity index (χ0n) is 69.6. The van der Waals surface area contributed by atoms with E-state index >= 15 is 0 Å². The summed E-state index contributed by atoms with van der Waals surface area (Å²) < 4.78 is 28.9. The Hall–Kier alpha value is -13.3. The van der Waals surface area contributed by atoms with Crippen molar-refractivity contribution in [3.8, 4) is 45.3 Å². The lowest BCUT2D eigenvalue weighted by Gasteiger charge is -2.34. The minimum atomic E-state index is -0.484. The van der Waals surface area contributed by atoms with Crippen molar-refractivity contribution in [2.24, 2.45) is 23.7 Å². The summed E-state index contributed by atoms with van der Waals surface area (Å²) in [6.07, 6.45) is 27.2. The number of aryl methyl sites for hydroxylation is 8. The quantitative estimate of drug-likeness (QED) is 0.0699. The van der Waals surface area contributed by atoms with E-state index in [4.69, 9.17) is 0 Å². The Kier molecular flexibility index (Phi) is 23.4. The van der Waals surface area contributed by atoms with Crippen molar-refractivity contribution in [3.05, 3.63) is 286 Å². The fourth-order valence-corrected chi connectivity index (χ4v) is 19.2. The number of nitrogens with one attached hydrogen (secondary N) is 4. The van der Waals surface area contributed by atoms with Gasteiger partial charge in [-0.25, -0.2) is 28.7 Å². The highest BCUT2D eigenvalue weighted by Crippen LogP contribution is 2.46. The number of amides is 4. The Morgan fingerprint density at radius 2 is 0.664 bits per heavy atom. The molecule has 4 saturated carbocycles. The molecule has 12 aromatic rings. The molecule has 0 radical (unpaired) electrons. The molecule has 4 amide bonds. The van der Waals surface area contributed by atoms with Crippen molar-refractivity contribution in [3.63, 3.8) is 0 Å². The van der Waals surface area contributed by atoms with Crippen molar-refractivity contribution in [1.29, 1.82) is 0 Å². The molecule has 12 unspecified atom stereocenters. The smallest absolute Gasteiger partial charge is 0.273 e. The zero-order chi connectivity index (χ0) is 84.4. The number of likely N-dealkylation sites (tertiary alicyclic amines) is 4. The van der Waals surface area contributed by atoms with Crippen LogP contribution in [0.3, 0.4) is 0 Å². The van der Waals surface area contributed by atoms with Gasteiger partial charge in [-0.1, -0.05) is 36.4 Å². The average Bonchev–Trinajstić information content (AvgIpc) is 1.64. The molecule has 620 valence electrons. The van der Waals surface area contributed by atoms with Crippen LogP contribution in [0.4, 0.5) is 32.1 Å². The van der Waals surface area contributed by atoms with Crippen molar-refractivity contribution >= 4 is 46.9 Å². The standard InChI is InChI=1S/2C24H24FN5O.2C24H25N5O/c1-14-5-8-21(27-12-14)29-19-10-16-11-20(19)30(13-16)24(31)17-7-6-15(2)28-22(17)23-18(25)4-3-9-26-23;1-14-5-6-21(27-11-14)29-19-9-16-10-20(19)30(13-16)24(31)23-17(8-15(2)12-28-23)22-18(25)4-3-7-26-22;1-15-7-8-21(27-13-15)28-19-11-17-12-20(19)29(14-17)24(30)18-6-4-10-26-23(18)22-16(2)5-3-9-25-22;1-15-7-8-21(27-13-15)28-19-11-17-12-20(19)29(14-17)24(30)23-18(6-4-10-26-23)22-16(2)5-3-9-25-22/h3-9,12,16,19-20H,10-11,13H2,1-2H3,(H,27,29);3-8,11-12,16,19-20H,9-10,13H2,1-2H3,(H,27,29);2*3-10,13,17,19-20H,11-12,14H2,1-2H3,(H,27,28). The van der Waals surface area contributed by atoms with Crippen LogP contribution in [0, 0.1) is 90.7 Å². The molecule has 122 heavy (non-hydrogen) atoms. The number of carbonyl (C=O) groups is 4. The fourth-order valence-electron chi connectivity index (χ4n) is 19.2. The molecule has 4 aliphatic heterocycles. The Bertz CT molecular complexity index is 5490. The van der Waals surface area contributed by atoms with Gasteiger partial charge in [0.05, 0.1) is 46.7 Å². The number of anilines is 4. The fraction of sp³-hybridized carbons (Fsp3) is 0.333. The third-order valence-electron chi connectivity index (χ3n) is 25.0. The lowest BCUT2D eigenvalue weighted by Crippen LogP contribution is -2.48. The van der Waals surface area contributed by atoms with E-state index in [0.717, 1.165) is 144 Å². The molecule has 0 aromatic carbocycles. The zero-order valence-corrected chi connectivity index (χ0v) is 69.6. The highest BCUT2D eigenvalue weighted by Gasteiger charge is 2.52. The van der Waals surface area contributed by atoms with Gasteiger partial charge in [-0.05, 0) is 273 Å². The second kappa shape index (κ2) is 35.2. The van der Waals surface area contributed by atoms with E-state index in [9.17, 15) is 28.0 Å². The van der Waals surface area contributed by atoms with E-state index in [-0.39, 0.29) is 89.0 Å². The van der Waals surface area contributed by atoms with Crippen LogP contribution in [-0.4, -0.2) is 178 Å². The largest absolute Gasteiger partial charge is 0.365 e. The van der Waals surface area contributed by atoms with E-state index in [2.05, 4.69) is 93.2 Å². The van der Waals surface area contributed by atoms with Crippen LogP contribution in [-0.2, 0) is 0 Å². The van der Waals surface area contributed by atoms with Gasteiger partial charge in [0, 0.05) is 135 Å².